The third kappa shape index (κ3) is 5.10. The number of nitrogens with one attached hydrogen (secondary N) is 2. The monoisotopic (exact) mass is 477 g/mol. The molecule has 0 radical (unpaired) electrons. The highest BCUT2D eigenvalue weighted by molar-refractivity contribution is 7.89. The number of rotatable bonds is 11. The Labute approximate surface area is 193 Å². The zero-order chi connectivity index (χ0) is 24.2. The van der Waals surface area contributed by atoms with Crippen LogP contribution >= 0.6 is 0 Å². The van der Waals surface area contributed by atoms with E-state index in [1.807, 2.05) is 6.92 Å². The molecule has 0 aliphatic heterocycles. The number of nitrogens with zero attached hydrogens (tertiary/aromatic N) is 3. The molecule has 180 valence electrons. The second-order valence-electron chi connectivity index (χ2n) is 7.61. The molecule has 0 saturated carbocycles. The summed E-state index contributed by atoms with van der Waals surface area (Å²) in [5.74, 6) is 1.46. The molecule has 0 amide bonds. The van der Waals surface area contributed by atoms with E-state index in [9.17, 15) is 13.2 Å². The summed E-state index contributed by atoms with van der Waals surface area (Å²) in [6.07, 6.45) is 1.70. The first-order valence-corrected chi connectivity index (χ1v) is 12.5. The first kappa shape index (κ1) is 24.9. The van der Waals surface area contributed by atoms with Gasteiger partial charge in [0.15, 0.2) is 11.3 Å². The van der Waals surface area contributed by atoms with Crippen LogP contribution in [0.15, 0.2) is 27.9 Å². The number of sulfonamides is 1. The molecule has 3 rings (SSSR count). The maximum atomic E-state index is 13.0. The number of imidazole rings is 1. The SMILES string of the molecule is CCOc1ccc(S(=O)(=O)NCCOC)cc1-c1nn2c(C(CC)CC)nc(C)c2c(=O)[nH]1. The van der Waals surface area contributed by atoms with Crippen LogP contribution in [0, 0.1) is 6.92 Å². The van der Waals surface area contributed by atoms with Crippen LogP contribution in [0.4, 0.5) is 0 Å². The molecule has 0 unspecified atom stereocenters. The van der Waals surface area contributed by atoms with Crippen molar-refractivity contribution in [3.8, 4) is 17.1 Å². The molecule has 0 aliphatic rings. The van der Waals surface area contributed by atoms with Crippen molar-refractivity contribution in [1.29, 1.82) is 0 Å². The fourth-order valence-electron chi connectivity index (χ4n) is 3.74. The van der Waals surface area contributed by atoms with Gasteiger partial charge in [0.1, 0.15) is 11.6 Å². The highest BCUT2D eigenvalue weighted by Crippen LogP contribution is 2.31. The van der Waals surface area contributed by atoms with Crippen LogP contribution in [0.25, 0.3) is 16.9 Å². The molecule has 10 nitrogen and oxygen atoms in total. The number of benzene rings is 1. The van der Waals surface area contributed by atoms with Crippen molar-refractivity contribution in [3.63, 3.8) is 0 Å². The lowest BCUT2D eigenvalue weighted by Gasteiger charge is -2.14. The minimum absolute atomic E-state index is 0.0295. The number of ether oxygens (including phenoxy) is 2. The van der Waals surface area contributed by atoms with Crippen molar-refractivity contribution in [1.82, 2.24) is 24.3 Å². The summed E-state index contributed by atoms with van der Waals surface area (Å²) in [4.78, 5) is 20.4. The summed E-state index contributed by atoms with van der Waals surface area (Å²) in [5, 5.41) is 4.67. The summed E-state index contributed by atoms with van der Waals surface area (Å²) in [5.41, 5.74) is 0.993. The van der Waals surface area contributed by atoms with E-state index in [1.54, 1.807) is 17.5 Å². The lowest BCUT2D eigenvalue weighted by molar-refractivity contribution is 0.204. The van der Waals surface area contributed by atoms with E-state index in [1.165, 1.54) is 19.2 Å². The smallest absolute Gasteiger partial charge is 0.277 e. The van der Waals surface area contributed by atoms with Gasteiger partial charge in [-0.05, 0) is 44.9 Å². The Morgan fingerprint density at radius 2 is 1.94 bits per heavy atom. The highest BCUT2D eigenvalue weighted by Gasteiger charge is 2.22. The molecule has 2 heterocycles. The molecule has 3 aromatic rings. The first-order valence-electron chi connectivity index (χ1n) is 11.0. The minimum Gasteiger partial charge on any atom is -0.493 e. The maximum Gasteiger partial charge on any atom is 0.277 e. The third-order valence-electron chi connectivity index (χ3n) is 5.47. The maximum absolute atomic E-state index is 13.0. The summed E-state index contributed by atoms with van der Waals surface area (Å²) in [6.45, 7) is 8.48. The van der Waals surface area contributed by atoms with Gasteiger partial charge in [-0.2, -0.15) is 0 Å². The van der Waals surface area contributed by atoms with Crippen molar-refractivity contribution >= 4 is 15.5 Å². The van der Waals surface area contributed by atoms with Crippen LogP contribution in [0.3, 0.4) is 0 Å². The van der Waals surface area contributed by atoms with Gasteiger partial charge in [-0.1, -0.05) is 13.8 Å². The van der Waals surface area contributed by atoms with E-state index in [0.29, 0.717) is 35.0 Å². The van der Waals surface area contributed by atoms with Gasteiger partial charge < -0.3 is 14.5 Å². The molecule has 0 aliphatic carbocycles. The van der Waals surface area contributed by atoms with Gasteiger partial charge in [0.25, 0.3) is 5.56 Å². The van der Waals surface area contributed by atoms with Gasteiger partial charge in [0.2, 0.25) is 10.0 Å². The van der Waals surface area contributed by atoms with E-state index in [0.717, 1.165) is 12.8 Å². The van der Waals surface area contributed by atoms with Crippen LogP contribution in [0.1, 0.15) is 51.0 Å². The molecular formula is C22H31N5O5S. The number of hydrogen-bond acceptors (Lipinski definition) is 7. The molecule has 0 fully saturated rings. The topological polar surface area (TPSA) is 128 Å². The lowest BCUT2D eigenvalue weighted by atomic mass is 10.0. The number of H-pyrrole nitrogens is 1. The summed E-state index contributed by atoms with van der Waals surface area (Å²) < 4.78 is 40.2. The van der Waals surface area contributed by atoms with Gasteiger partial charge >= 0.3 is 0 Å². The molecule has 11 heteroatoms. The molecule has 0 saturated heterocycles. The molecular weight excluding hydrogens is 446 g/mol. The van der Waals surface area contributed by atoms with E-state index in [-0.39, 0.29) is 35.3 Å². The largest absolute Gasteiger partial charge is 0.493 e. The van der Waals surface area contributed by atoms with Crippen molar-refractivity contribution in [2.24, 2.45) is 0 Å². The Morgan fingerprint density at radius 1 is 1.21 bits per heavy atom. The fraction of sp³-hybridized carbons (Fsp3) is 0.500. The molecule has 33 heavy (non-hydrogen) atoms. The van der Waals surface area contributed by atoms with E-state index in [2.05, 4.69) is 33.6 Å². The number of aromatic nitrogens is 4. The number of fused-ring (bicyclic) bond motifs is 1. The fourth-order valence-corrected chi connectivity index (χ4v) is 4.78. The average molecular weight is 478 g/mol. The quantitative estimate of drug-likeness (QED) is 0.406. The normalized spacial score (nSPS) is 12.1. The molecule has 2 aromatic heterocycles. The molecule has 0 spiro atoms. The van der Waals surface area contributed by atoms with Crippen molar-refractivity contribution in [2.45, 2.75) is 51.3 Å². The molecule has 1 aromatic carbocycles. The van der Waals surface area contributed by atoms with Crippen LogP contribution < -0.4 is 15.0 Å². The second kappa shape index (κ2) is 10.4. The zero-order valence-electron chi connectivity index (χ0n) is 19.6. The Bertz CT molecular complexity index is 1280. The van der Waals surface area contributed by atoms with Gasteiger partial charge in [-0.15, -0.1) is 5.10 Å². The highest BCUT2D eigenvalue weighted by atomic mass is 32.2. The van der Waals surface area contributed by atoms with Gasteiger partial charge in [0, 0.05) is 19.6 Å². The van der Waals surface area contributed by atoms with E-state index < -0.39 is 10.0 Å². The predicted molar refractivity (Wildman–Crippen MR) is 125 cm³/mol. The van der Waals surface area contributed by atoms with Crippen LogP contribution in [0.5, 0.6) is 5.75 Å². The van der Waals surface area contributed by atoms with Gasteiger partial charge in [-0.3, -0.25) is 4.79 Å². The van der Waals surface area contributed by atoms with E-state index >= 15 is 0 Å². The van der Waals surface area contributed by atoms with Crippen molar-refractivity contribution in [2.75, 3.05) is 26.9 Å². The Hall–Kier alpha value is -2.76. The standard InChI is InChI=1S/C22H31N5O5S/c1-6-15(7-2)21-24-14(4)19-22(28)25-20(26-27(19)21)17-13-16(9-10-18(17)32-8-3)33(29,30)23-11-12-31-5/h9-10,13,15,23H,6-8,11-12H2,1-5H3,(H,25,26,28). The third-order valence-corrected chi connectivity index (χ3v) is 6.92. The molecule has 0 bridgehead atoms. The summed E-state index contributed by atoms with van der Waals surface area (Å²) >= 11 is 0. The number of aryl methyl sites for hydroxylation is 1. The van der Waals surface area contributed by atoms with E-state index in [4.69, 9.17) is 9.47 Å². The number of methoxy groups -OCH3 is 1. The Balaban J connectivity index is 2.21. The second-order valence-corrected chi connectivity index (χ2v) is 9.38. The molecule has 2 N–H and O–H groups in total. The molecule has 0 atom stereocenters. The number of aromatic amines is 1. The summed E-state index contributed by atoms with van der Waals surface area (Å²) in [7, 11) is -2.30. The minimum atomic E-state index is -3.80. The first-order chi connectivity index (χ1) is 15.8. The van der Waals surface area contributed by atoms with Crippen LogP contribution in [-0.4, -0.2) is 54.9 Å². The Kier molecular flexibility index (Phi) is 7.88. The Morgan fingerprint density at radius 3 is 2.58 bits per heavy atom. The van der Waals surface area contributed by atoms with Gasteiger partial charge in [-0.25, -0.2) is 22.6 Å². The lowest BCUT2D eigenvalue weighted by Crippen LogP contribution is -2.27. The van der Waals surface area contributed by atoms with Crippen LogP contribution in [0.2, 0.25) is 0 Å². The van der Waals surface area contributed by atoms with Crippen molar-refractivity contribution < 1.29 is 17.9 Å². The van der Waals surface area contributed by atoms with Crippen LogP contribution in [-0.2, 0) is 14.8 Å². The zero-order valence-corrected chi connectivity index (χ0v) is 20.5. The average Bonchev–Trinajstić information content (AvgIpc) is 3.12. The van der Waals surface area contributed by atoms with Gasteiger partial charge in [0.05, 0.1) is 29.4 Å². The summed E-state index contributed by atoms with van der Waals surface area (Å²) in [6, 6.07) is 4.47. The number of hydrogen-bond donors (Lipinski definition) is 2. The predicted octanol–water partition coefficient (Wildman–Crippen LogP) is 2.62. The van der Waals surface area contributed by atoms with Crippen molar-refractivity contribution in [3.05, 3.63) is 40.1 Å².